The van der Waals surface area contributed by atoms with Crippen LogP contribution in [0.4, 0.5) is 11.4 Å². The van der Waals surface area contributed by atoms with Gasteiger partial charge in [0.2, 0.25) is 0 Å². The average Bonchev–Trinajstić information content (AvgIpc) is 2.07. The first-order chi connectivity index (χ1) is 5.95. The molecule has 0 saturated carbocycles. The molecule has 0 aliphatic heterocycles. The molecule has 0 heterocycles. The number of nitro benzene ring substituents is 1. The van der Waals surface area contributed by atoms with Gasteiger partial charge in [-0.2, -0.15) is 0 Å². The molecular formula is C6H4Cl2N2O2S. The third kappa shape index (κ3) is 1.82. The molecule has 0 atom stereocenters. The van der Waals surface area contributed by atoms with Crippen molar-refractivity contribution >= 4 is 47.2 Å². The number of thiol groups is 1. The van der Waals surface area contributed by atoms with Crippen molar-refractivity contribution in [2.75, 3.05) is 5.73 Å². The molecule has 0 aliphatic carbocycles. The van der Waals surface area contributed by atoms with Crippen molar-refractivity contribution in [3.05, 3.63) is 26.2 Å². The highest BCUT2D eigenvalue weighted by Crippen LogP contribution is 2.39. The summed E-state index contributed by atoms with van der Waals surface area (Å²) in [4.78, 5) is 10.0. The van der Waals surface area contributed by atoms with Gasteiger partial charge in [-0.25, -0.2) is 0 Å². The zero-order valence-corrected chi connectivity index (χ0v) is 8.53. The van der Waals surface area contributed by atoms with Crippen LogP contribution in [0.1, 0.15) is 0 Å². The lowest BCUT2D eigenvalue weighted by Gasteiger charge is -2.03. The largest absolute Gasteiger partial charge is 0.398 e. The smallest absolute Gasteiger partial charge is 0.291 e. The summed E-state index contributed by atoms with van der Waals surface area (Å²) < 4.78 is 0. The number of nitrogens with zero attached hydrogens (tertiary/aromatic N) is 1. The lowest BCUT2D eigenvalue weighted by Crippen LogP contribution is -1.94. The lowest BCUT2D eigenvalue weighted by molar-refractivity contribution is -0.384. The zero-order valence-electron chi connectivity index (χ0n) is 6.12. The number of halogens is 2. The SMILES string of the molecule is Nc1cc([N+](=O)[O-])c(Cl)c(Cl)c1S. The van der Waals surface area contributed by atoms with E-state index in [0.29, 0.717) is 0 Å². The summed E-state index contributed by atoms with van der Waals surface area (Å²) in [6, 6.07) is 1.12. The van der Waals surface area contributed by atoms with Gasteiger partial charge in [0.05, 0.1) is 15.6 Å². The predicted octanol–water partition coefficient (Wildman–Crippen LogP) is 2.77. The number of anilines is 1. The lowest BCUT2D eigenvalue weighted by atomic mass is 10.3. The van der Waals surface area contributed by atoms with E-state index < -0.39 is 4.92 Å². The van der Waals surface area contributed by atoms with Crippen molar-refractivity contribution in [1.29, 1.82) is 0 Å². The second-order valence-corrected chi connectivity index (χ2v) is 3.42. The van der Waals surface area contributed by atoms with Crippen molar-refractivity contribution in [2.24, 2.45) is 0 Å². The average molecular weight is 239 g/mol. The number of hydrogen-bond donors (Lipinski definition) is 2. The molecule has 1 rings (SSSR count). The molecule has 7 heteroatoms. The van der Waals surface area contributed by atoms with Gasteiger partial charge in [-0.05, 0) is 0 Å². The molecule has 1 aromatic rings. The van der Waals surface area contributed by atoms with Crippen molar-refractivity contribution in [3.63, 3.8) is 0 Å². The molecule has 70 valence electrons. The van der Waals surface area contributed by atoms with Crippen molar-refractivity contribution < 1.29 is 4.92 Å². The molecule has 0 amide bonds. The van der Waals surface area contributed by atoms with Gasteiger partial charge in [0.25, 0.3) is 5.69 Å². The van der Waals surface area contributed by atoms with Crippen LogP contribution in [0.15, 0.2) is 11.0 Å². The Morgan fingerprint density at radius 1 is 1.46 bits per heavy atom. The number of hydrogen-bond acceptors (Lipinski definition) is 4. The Balaban J connectivity index is 3.50. The second kappa shape index (κ2) is 3.61. The first-order valence-corrected chi connectivity index (χ1v) is 4.26. The van der Waals surface area contributed by atoms with Gasteiger partial charge in [0.15, 0.2) is 0 Å². The summed E-state index contributed by atoms with van der Waals surface area (Å²) in [7, 11) is 0. The Labute approximate surface area is 89.2 Å². The van der Waals surface area contributed by atoms with Crippen LogP contribution < -0.4 is 5.73 Å². The van der Waals surface area contributed by atoms with Crippen LogP contribution in [0.25, 0.3) is 0 Å². The Hall–Kier alpha value is -0.650. The van der Waals surface area contributed by atoms with E-state index in [1.54, 1.807) is 0 Å². The molecule has 13 heavy (non-hydrogen) atoms. The number of nitrogen functional groups attached to an aromatic ring is 1. The van der Waals surface area contributed by atoms with E-state index in [2.05, 4.69) is 12.6 Å². The van der Waals surface area contributed by atoms with Gasteiger partial charge in [-0.3, -0.25) is 10.1 Å². The molecular weight excluding hydrogens is 235 g/mol. The van der Waals surface area contributed by atoms with E-state index >= 15 is 0 Å². The summed E-state index contributed by atoms with van der Waals surface area (Å²) >= 11 is 15.2. The van der Waals surface area contributed by atoms with Crippen LogP contribution >= 0.6 is 35.8 Å². The highest BCUT2D eigenvalue weighted by atomic mass is 35.5. The first kappa shape index (κ1) is 10.4. The Bertz CT molecular complexity index is 383. The molecule has 0 saturated heterocycles. The normalized spacial score (nSPS) is 10.1. The Morgan fingerprint density at radius 2 is 2.00 bits per heavy atom. The molecule has 0 spiro atoms. The van der Waals surface area contributed by atoms with Crippen LogP contribution in [0.3, 0.4) is 0 Å². The van der Waals surface area contributed by atoms with Crippen LogP contribution in [-0.2, 0) is 0 Å². The monoisotopic (exact) mass is 238 g/mol. The van der Waals surface area contributed by atoms with Gasteiger partial charge in [0, 0.05) is 11.0 Å². The zero-order chi connectivity index (χ0) is 10.2. The minimum atomic E-state index is -0.655. The van der Waals surface area contributed by atoms with Crippen molar-refractivity contribution in [2.45, 2.75) is 4.90 Å². The predicted molar refractivity (Wildman–Crippen MR) is 54.8 cm³/mol. The highest BCUT2D eigenvalue weighted by Gasteiger charge is 2.19. The molecule has 0 aromatic heterocycles. The summed E-state index contributed by atoms with van der Waals surface area (Å²) in [5.74, 6) is 0. The fraction of sp³-hybridized carbons (Fsp3) is 0. The maximum atomic E-state index is 10.4. The minimum absolute atomic E-state index is 0.00306. The van der Waals surface area contributed by atoms with Crippen molar-refractivity contribution in [1.82, 2.24) is 0 Å². The maximum absolute atomic E-state index is 10.4. The molecule has 0 fully saturated rings. The van der Waals surface area contributed by atoms with Crippen LogP contribution in [0.5, 0.6) is 0 Å². The van der Waals surface area contributed by atoms with E-state index in [9.17, 15) is 10.1 Å². The highest BCUT2D eigenvalue weighted by molar-refractivity contribution is 7.80. The third-order valence-electron chi connectivity index (χ3n) is 1.39. The van der Waals surface area contributed by atoms with Gasteiger partial charge >= 0.3 is 0 Å². The Kier molecular flexibility index (Phi) is 2.90. The van der Waals surface area contributed by atoms with Crippen molar-refractivity contribution in [3.8, 4) is 0 Å². The number of nitrogens with two attached hydrogens (primary N) is 1. The summed E-state index contributed by atoms with van der Waals surface area (Å²) in [5, 5.41) is 10.3. The molecule has 0 bridgehead atoms. The van der Waals surface area contributed by atoms with Gasteiger partial charge in [-0.15, -0.1) is 12.6 Å². The Morgan fingerprint density at radius 3 is 2.46 bits per heavy atom. The van der Waals surface area contributed by atoms with Crippen LogP contribution in [0.2, 0.25) is 10.0 Å². The van der Waals surface area contributed by atoms with Crippen LogP contribution in [0, 0.1) is 10.1 Å². The molecule has 0 unspecified atom stereocenters. The fourth-order valence-corrected chi connectivity index (χ4v) is 1.42. The van der Waals surface area contributed by atoms with Crippen LogP contribution in [-0.4, -0.2) is 4.92 Å². The standard InChI is InChI=1S/C6H4Cl2N2O2S/c7-4-3(10(11)12)1-2(9)6(13)5(4)8/h1,13H,9H2. The topological polar surface area (TPSA) is 69.2 Å². The molecule has 1 aromatic carbocycles. The fourth-order valence-electron chi connectivity index (χ4n) is 0.755. The van der Waals surface area contributed by atoms with E-state index in [-0.39, 0.29) is 26.3 Å². The minimum Gasteiger partial charge on any atom is -0.398 e. The summed E-state index contributed by atoms with van der Waals surface area (Å²) in [6.07, 6.45) is 0. The molecule has 2 N–H and O–H groups in total. The molecule has 4 nitrogen and oxygen atoms in total. The van der Waals surface area contributed by atoms with Gasteiger partial charge in [-0.1, -0.05) is 23.2 Å². The quantitative estimate of drug-likeness (QED) is 0.342. The van der Waals surface area contributed by atoms with E-state index in [0.717, 1.165) is 6.07 Å². The number of benzene rings is 1. The van der Waals surface area contributed by atoms with Gasteiger partial charge < -0.3 is 5.73 Å². The van der Waals surface area contributed by atoms with E-state index in [4.69, 9.17) is 28.9 Å². The first-order valence-electron chi connectivity index (χ1n) is 3.06. The molecule has 0 radical (unpaired) electrons. The van der Waals surface area contributed by atoms with Gasteiger partial charge in [0.1, 0.15) is 5.02 Å². The number of rotatable bonds is 1. The second-order valence-electron chi connectivity index (χ2n) is 2.22. The number of nitro groups is 1. The third-order valence-corrected chi connectivity index (χ3v) is 2.86. The van der Waals surface area contributed by atoms with E-state index in [1.807, 2.05) is 0 Å². The molecule has 0 aliphatic rings. The summed E-state index contributed by atoms with van der Waals surface area (Å²) in [5.41, 5.74) is 5.22. The van der Waals surface area contributed by atoms with E-state index in [1.165, 1.54) is 0 Å². The summed E-state index contributed by atoms with van der Waals surface area (Å²) in [6.45, 7) is 0. The maximum Gasteiger partial charge on any atom is 0.291 e.